The van der Waals surface area contributed by atoms with Crippen LogP contribution in [0.3, 0.4) is 0 Å². The van der Waals surface area contributed by atoms with Crippen LogP contribution < -0.4 is 14.8 Å². The molecule has 0 spiro atoms. The molecule has 0 radical (unpaired) electrons. The normalized spacial score (nSPS) is 10.9. The molecule has 0 fully saturated rings. The van der Waals surface area contributed by atoms with Gasteiger partial charge in [0.2, 0.25) is 0 Å². The first-order valence-corrected chi connectivity index (χ1v) is 11.7. The van der Waals surface area contributed by atoms with Crippen LogP contribution in [0.25, 0.3) is 11.0 Å². The highest BCUT2D eigenvalue weighted by Gasteiger charge is 2.22. The molecule has 2 aromatic heterocycles. The second-order valence-corrected chi connectivity index (χ2v) is 8.87. The summed E-state index contributed by atoms with van der Waals surface area (Å²) in [4.78, 5) is 18.4. The molecule has 0 aliphatic heterocycles. The number of furan rings is 1. The van der Waals surface area contributed by atoms with Gasteiger partial charge in [0, 0.05) is 28.4 Å². The molecule has 8 heteroatoms. The smallest absolute Gasteiger partial charge is 0.293 e. The third-order valence-electron chi connectivity index (χ3n) is 5.41. The lowest BCUT2D eigenvalue weighted by molar-refractivity contribution is 0.0995. The maximum Gasteiger partial charge on any atom is 0.293 e. The highest BCUT2D eigenvalue weighted by molar-refractivity contribution is 7.15. The number of ether oxygens (including phenoxy) is 2. The maximum atomic E-state index is 13.2. The Kier molecular flexibility index (Phi) is 6.45. The fourth-order valence-electron chi connectivity index (χ4n) is 3.66. The molecule has 0 bridgehead atoms. The van der Waals surface area contributed by atoms with E-state index < -0.39 is 5.91 Å². The lowest BCUT2D eigenvalue weighted by atomic mass is 10.1. The van der Waals surface area contributed by atoms with Gasteiger partial charge in [0.15, 0.2) is 10.9 Å². The molecule has 2 heterocycles. The van der Waals surface area contributed by atoms with Crippen molar-refractivity contribution in [3.05, 3.63) is 107 Å². The number of thiazole rings is 1. The van der Waals surface area contributed by atoms with Crippen molar-refractivity contribution >= 4 is 33.3 Å². The monoisotopic (exact) mass is 488 g/mol. The predicted molar refractivity (Wildman–Crippen MR) is 133 cm³/mol. The molecule has 35 heavy (non-hydrogen) atoms. The second-order valence-electron chi connectivity index (χ2n) is 7.76. The number of carbonyl (C=O) groups is 1. The number of nitrogens with one attached hydrogen (secondary N) is 1. The molecule has 0 saturated heterocycles. The van der Waals surface area contributed by atoms with Crippen molar-refractivity contribution in [1.82, 2.24) is 4.98 Å². The van der Waals surface area contributed by atoms with Crippen LogP contribution in [0, 0.1) is 5.82 Å². The molecule has 1 amide bonds. The van der Waals surface area contributed by atoms with Crippen LogP contribution in [0.15, 0.2) is 83.4 Å². The van der Waals surface area contributed by atoms with Gasteiger partial charge in [0.05, 0.1) is 7.11 Å². The fraction of sp³-hybridized carbons (Fsp3) is 0.111. The Morgan fingerprint density at radius 1 is 1.03 bits per heavy atom. The molecule has 0 aliphatic rings. The van der Waals surface area contributed by atoms with Crippen LogP contribution in [-0.4, -0.2) is 18.0 Å². The molecule has 0 unspecified atom stereocenters. The molecule has 1 N–H and O–H groups in total. The van der Waals surface area contributed by atoms with Crippen LogP contribution in [0.4, 0.5) is 9.52 Å². The number of benzene rings is 3. The quantitative estimate of drug-likeness (QED) is 0.271. The van der Waals surface area contributed by atoms with Crippen LogP contribution in [0.2, 0.25) is 0 Å². The molecule has 6 nitrogen and oxygen atoms in total. The van der Waals surface area contributed by atoms with E-state index in [0.717, 1.165) is 21.6 Å². The molecule has 3 aromatic carbocycles. The number of fused-ring (bicyclic) bond motifs is 1. The second kappa shape index (κ2) is 9.99. The standard InChI is InChI=1S/C27H21FN2O4S/c1-32-19-10-12-20(13-11-19)33-16-23-22-4-2-3-5-24(22)34-25(23)26(31)30-27-29-15-21(35-27)14-17-6-8-18(28)9-7-17/h2-13,15H,14,16H2,1H3,(H,29,30,31). The van der Waals surface area contributed by atoms with E-state index in [9.17, 15) is 9.18 Å². The van der Waals surface area contributed by atoms with Gasteiger partial charge in [-0.25, -0.2) is 9.37 Å². The minimum Gasteiger partial charge on any atom is -0.497 e. The van der Waals surface area contributed by atoms with Crippen LogP contribution in [0.1, 0.15) is 26.6 Å². The van der Waals surface area contributed by atoms with Crippen LogP contribution in [0.5, 0.6) is 11.5 Å². The van der Waals surface area contributed by atoms with E-state index in [4.69, 9.17) is 13.9 Å². The van der Waals surface area contributed by atoms with Gasteiger partial charge in [-0.15, -0.1) is 11.3 Å². The lowest BCUT2D eigenvalue weighted by Crippen LogP contribution is -2.13. The largest absolute Gasteiger partial charge is 0.497 e. The van der Waals surface area contributed by atoms with Crippen molar-refractivity contribution in [2.75, 3.05) is 12.4 Å². The molecule has 0 atom stereocenters. The fourth-order valence-corrected chi connectivity index (χ4v) is 4.50. The summed E-state index contributed by atoms with van der Waals surface area (Å²) < 4.78 is 30.2. The number of halogens is 1. The first-order valence-electron chi connectivity index (χ1n) is 10.9. The highest BCUT2D eigenvalue weighted by Crippen LogP contribution is 2.29. The number of methoxy groups -OCH3 is 1. The van der Waals surface area contributed by atoms with Crippen LogP contribution in [-0.2, 0) is 13.0 Å². The average Bonchev–Trinajstić information content (AvgIpc) is 3.48. The van der Waals surface area contributed by atoms with E-state index in [1.54, 1.807) is 37.6 Å². The summed E-state index contributed by atoms with van der Waals surface area (Å²) >= 11 is 1.36. The van der Waals surface area contributed by atoms with Gasteiger partial charge < -0.3 is 13.9 Å². The Bertz CT molecular complexity index is 1460. The number of aromatic nitrogens is 1. The first kappa shape index (κ1) is 22.6. The number of para-hydroxylation sites is 1. The number of hydrogen-bond donors (Lipinski definition) is 1. The summed E-state index contributed by atoms with van der Waals surface area (Å²) in [6, 6.07) is 21.0. The summed E-state index contributed by atoms with van der Waals surface area (Å²) in [6.45, 7) is 0.153. The topological polar surface area (TPSA) is 73.6 Å². The summed E-state index contributed by atoms with van der Waals surface area (Å²) in [7, 11) is 1.60. The third-order valence-corrected chi connectivity index (χ3v) is 6.33. The van der Waals surface area contributed by atoms with Crippen molar-refractivity contribution in [2.45, 2.75) is 13.0 Å². The number of anilines is 1. The summed E-state index contributed by atoms with van der Waals surface area (Å²) in [5, 5.41) is 4.09. The minimum atomic E-state index is -0.405. The summed E-state index contributed by atoms with van der Waals surface area (Å²) in [5.74, 6) is 0.872. The van der Waals surface area contributed by atoms with Gasteiger partial charge in [-0.05, 0) is 48.0 Å². The van der Waals surface area contributed by atoms with Gasteiger partial charge in [0.1, 0.15) is 29.5 Å². The van der Waals surface area contributed by atoms with E-state index in [2.05, 4.69) is 10.3 Å². The Labute approximate surface area is 205 Å². The summed E-state index contributed by atoms with van der Waals surface area (Å²) in [5.41, 5.74) is 2.21. The summed E-state index contributed by atoms with van der Waals surface area (Å²) in [6.07, 6.45) is 2.30. The predicted octanol–water partition coefficient (Wildman–Crippen LogP) is 6.46. The van der Waals surface area contributed by atoms with E-state index in [0.29, 0.717) is 28.4 Å². The highest BCUT2D eigenvalue weighted by atomic mass is 32.1. The molecule has 5 aromatic rings. The SMILES string of the molecule is COc1ccc(OCc2c(C(=O)Nc3ncc(Cc4ccc(F)cc4)s3)oc3ccccc23)cc1. The number of carbonyl (C=O) groups excluding carboxylic acids is 1. The van der Waals surface area contributed by atoms with E-state index in [1.807, 2.05) is 36.4 Å². The van der Waals surface area contributed by atoms with Crippen molar-refractivity contribution in [3.8, 4) is 11.5 Å². The minimum absolute atomic E-state index is 0.153. The maximum absolute atomic E-state index is 13.2. The molecule has 0 saturated carbocycles. The number of amides is 1. The van der Waals surface area contributed by atoms with Gasteiger partial charge >= 0.3 is 0 Å². The number of rotatable bonds is 8. The van der Waals surface area contributed by atoms with Crippen molar-refractivity contribution in [3.63, 3.8) is 0 Å². The van der Waals surface area contributed by atoms with Gasteiger partial charge in [-0.3, -0.25) is 10.1 Å². The number of nitrogens with zero attached hydrogens (tertiary/aromatic N) is 1. The van der Waals surface area contributed by atoms with E-state index >= 15 is 0 Å². The average molecular weight is 489 g/mol. The van der Waals surface area contributed by atoms with Gasteiger partial charge in [-0.1, -0.05) is 30.3 Å². The zero-order valence-corrected chi connectivity index (χ0v) is 19.6. The zero-order chi connectivity index (χ0) is 24.2. The van der Waals surface area contributed by atoms with Crippen molar-refractivity contribution in [2.24, 2.45) is 0 Å². The van der Waals surface area contributed by atoms with Crippen molar-refractivity contribution in [1.29, 1.82) is 0 Å². The molecule has 5 rings (SSSR count). The van der Waals surface area contributed by atoms with Crippen molar-refractivity contribution < 1.29 is 23.1 Å². The Hall–Kier alpha value is -4.17. The lowest BCUT2D eigenvalue weighted by Gasteiger charge is -2.08. The Balaban J connectivity index is 1.33. The first-order chi connectivity index (χ1) is 17.1. The Morgan fingerprint density at radius 2 is 1.77 bits per heavy atom. The zero-order valence-electron chi connectivity index (χ0n) is 18.8. The number of hydrogen-bond acceptors (Lipinski definition) is 6. The molecular formula is C27H21FN2O4S. The molecule has 176 valence electrons. The van der Waals surface area contributed by atoms with E-state index in [-0.39, 0.29) is 18.2 Å². The van der Waals surface area contributed by atoms with E-state index in [1.165, 1.54) is 23.5 Å². The Morgan fingerprint density at radius 3 is 2.54 bits per heavy atom. The van der Waals surface area contributed by atoms with Crippen LogP contribution >= 0.6 is 11.3 Å². The van der Waals surface area contributed by atoms with Gasteiger partial charge in [0.25, 0.3) is 5.91 Å². The molecule has 0 aliphatic carbocycles. The van der Waals surface area contributed by atoms with Gasteiger partial charge in [-0.2, -0.15) is 0 Å². The molecular weight excluding hydrogens is 467 g/mol. The third kappa shape index (κ3) is 5.17.